The Hall–Kier alpha value is -0.650. The van der Waals surface area contributed by atoms with Gasteiger partial charge in [-0.05, 0) is 25.0 Å². The molecule has 0 aromatic carbocycles. The summed E-state index contributed by atoms with van der Waals surface area (Å²) in [4.78, 5) is 16.1. The Bertz CT molecular complexity index is 366. The smallest absolute Gasteiger partial charge is 0.270 e. The third kappa shape index (κ3) is 3.73. The van der Waals surface area contributed by atoms with E-state index in [9.17, 15) is 4.79 Å². The summed E-state index contributed by atoms with van der Waals surface area (Å²) in [6.45, 7) is 6.09. The lowest BCUT2D eigenvalue weighted by atomic mass is 10.1. The highest BCUT2D eigenvalue weighted by Crippen LogP contribution is 2.06. The average molecular weight is 332 g/mol. The topological polar surface area (TPSA) is 42.0 Å². The van der Waals surface area contributed by atoms with Crippen molar-refractivity contribution in [2.24, 2.45) is 5.92 Å². The van der Waals surface area contributed by atoms with E-state index < -0.39 is 0 Å². The summed E-state index contributed by atoms with van der Waals surface area (Å²) in [5, 5.41) is 3.00. The third-order valence-electron chi connectivity index (χ3n) is 2.41. The molecule has 1 aromatic rings. The second-order valence-electron chi connectivity index (χ2n) is 4.14. The van der Waals surface area contributed by atoms with Crippen LogP contribution in [0.2, 0.25) is 0 Å². The molecule has 1 unspecified atom stereocenters. The monoisotopic (exact) mass is 332 g/mol. The van der Waals surface area contributed by atoms with E-state index in [0.717, 1.165) is 10.1 Å². The molecule has 0 spiro atoms. The highest BCUT2D eigenvalue weighted by Gasteiger charge is 2.16. The van der Waals surface area contributed by atoms with Crippen molar-refractivity contribution in [2.75, 3.05) is 4.43 Å². The van der Waals surface area contributed by atoms with Crippen LogP contribution in [-0.2, 0) is 0 Å². The number of aryl methyl sites for hydroxylation is 1. The zero-order valence-electron chi connectivity index (χ0n) is 9.83. The number of aromatic nitrogens is 1. The number of hydrogen-bond acceptors (Lipinski definition) is 2. The van der Waals surface area contributed by atoms with E-state index in [-0.39, 0.29) is 11.9 Å². The molecule has 1 amide bonds. The minimum atomic E-state index is -0.0842. The molecule has 0 fully saturated rings. The van der Waals surface area contributed by atoms with Crippen molar-refractivity contribution < 1.29 is 4.79 Å². The molecule has 0 radical (unpaired) electrons. The summed E-state index contributed by atoms with van der Waals surface area (Å²) >= 11 is 2.29. The number of carbonyl (C=O) groups is 1. The highest BCUT2D eigenvalue weighted by molar-refractivity contribution is 14.1. The van der Waals surface area contributed by atoms with Crippen LogP contribution in [0.5, 0.6) is 0 Å². The van der Waals surface area contributed by atoms with Crippen LogP contribution in [0.15, 0.2) is 18.2 Å². The summed E-state index contributed by atoms with van der Waals surface area (Å²) in [5.41, 5.74) is 1.36. The Labute approximate surface area is 110 Å². The fourth-order valence-corrected chi connectivity index (χ4v) is 2.53. The maximum absolute atomic E-state index is 11.9. The largest absolute Gasteiger partial charge is 0.347 e. The number of alkyl halides is 1. The fraction of sp³-hybridized carbons (Fsp3) is 0.500. The first-order chi connectivity index (χ1) is 7.54. The van der Waals surface area contributed by atoms with E-state index in [0.29, 0.717) is 11.6 Å². The first kappa shape index (κ1) is 13.4. The van der Waals surface area contributed by atoms with Crippen molar-refractivity contribution in [3.8, 4) is 0 Å². The maximum atomic E-state index is 11.9. The van der Waals surface area contributed by atoms with Gasteiger partial charge in [-0.15, -0.1) is 0 Å². The first-order valence-corrected chi connectivity index (χ1v) is 6.87. The fourth-order valence-electron chi connectivity index (χ4n) is 1.30. The lowest BCUT2D eigenvalue weighted by Crippen LogP contribution is -2.40. The lowest BCUT2D eigenvalue weighted by Gasteiger charge is -2.19. The number of carbonyl (C=O) groups excluding carboxylic acids is 1. The van der Waals surface area contributed by atoms with Crippen LogP contribution in [0, 0.1) is 12.8 Å². The minimum Gasteiger partial charge on any atom is -0.347 e. The van der Waals surface area contributed by atoms with Crippen LogP contribution in [0.1, 0.15) is 30.0 Å². The van der Waals surface area contributed by atoms with Crippen LogP contribution in [0.25, 0.3) is 0 Å². The molecule has 1 heterocycles. The van der Waals surface area contributed by atoms with Gasteiger partial charge in [-0.1, -0.05) is 42.5 Å². The van der Waals surface area contributed by atoms with Gasteiger partial charge in [-0.2, -0.15) is 0 Å². The van der Waals surface area contributed by atoms with Gasteiger partial charge in [0.05, 0.1) is 0 Å². The molecule has 0 aliphatic rings. The van der Waals surface area contributed by atoms with Gasteiger partial charge in [-0.25, -0.2) is 4.98 Å². The molecular weight excluding hydrogens is 315 g/mol. The standard InChI is InChI=1S/C12H17IN2O/c1-8(2)11(7-13)15-12(16)10-6-4-5-9(3)14-10/h4-6,8,11H,7H2,1-3H3,(H,15,16). The molecule has 0 aliphatic carbocycles. The number of pyridine rings is 1. The Morgan fingerprint density at radius 3 is 2.69 bits per heavy atom. The molecule has 16 heavy (non-hydrogen) atoms. The average Bonchev–Trinajstić information content (AvgIpc) is 2.25. The highest BCUT2D eigenvalue weighted by atomic mass is 127. The molecule has 0 saturated heterocycles. The quantitative estimate of drug-likeness (QED) is 0.680. The molecular formula is C12H17IN2O. The Morgan fingerprint density at radius 1 is 1.50 bits per heavy atom. The summed E-state index contributed by atoms with van der Waals surface area (Å²) in [5.74, 6) is 0.352. The van der Waals surface area contributed by atoms with Crippen LogP contribution >= 0.6 is 22.6 Å². The molecule has 1 aromatic heterocycles. The molecule has 0 saturated carbocycles. The van der Waals surface area contributed by atoms with Crippen LogP contribution in [-0.4, -0.2) is 21.4 Å². The van der Waals surface area contributed by atoms with E-state index in [4.69, 9.17) is 0 Å². The van der Waals surface area contributed by atoms with Crippen LogP contribution in [0.4, 0.5) is 0 Å². The zero-order chi connectivity index (χ0) is 12.1. The summed E-state index contributed by atoms with van der Waals surface area (Å²) in [6.07, 6.45) is 0. The Kier molecular flexibility index (Phi) is 5.18. The second-order valence-corrected chi connectivity index (χ2v) is 5.02. The zero-order valence-corrected chi connectivity index (χ0v) is 12.0. The predicted octanol–water partition coefficient (Wildman–Crippen LogP) is 2.58. The molecule has 1 rings (SSSR count). The minimum absolute atomic E-state index is 0.0842. The van der Waals surface area contributed by atoms with Gasteiger partial charge >= 0.3 is 0 Å². The molecule has 88 valence electrons. The van der Waals surface area contributed by atoms with E-state index in [1.54, 1.807) is 6.07 Å². The molecule has 3 nitrogen and oxygen atoms in total. The number of nitrogens with one attached hydrogen (secondary N) is 1. The maximum Gasteiger partial charge on any atom is 0.270 e. The molecule has 1 atom stereocenters. The summed E-state index contributed by atoms with van der Waals surface area (Å²) < 4.78 is 0.910. The first-order valence-electron chi connectivity index (χ1n) is 5.35. The molecule has 0 bridgehead atoms. The summed E-state index contributed by atoms with van der Waals surface area (Å²) in [6, 6.07) is 5.68. The SMILES string of the molecule is Cc1cccc(C(=O)NC(CI)C(C)C)n1. The van der Waals surface area contributed by atoms with E-state index >= 15 is 0 Å². The number of nitrogens with zero attached hydrogens (tertiary/aromatic N) is 1. The van der Waals surface area contributed by atoms with Gasteiger partial charge in [0, 0.05) is 16.2 Å². The van der Waals surface area contributed by atoms with Gasteiger partial charge < -0.3 is 5.32 Å². The van der Waals surface area contributed by atoms with Crippen molar-refractivity contribution in [3.63, 3.8) is 0 Å². The van der Waals surface area contributed by atoms with Gasteiger partial charge in [0.2, 0.25) is 0 Å². The normalized spacial score (nSPS) is 12.6. The molecule has 1 N–H and O–H groups in total. The predicted molar refractivity (Wildman–Crippen MR) is 74.0 cm³/mol. The molecule has 0 aliphatic heterocycles. The Balaban J connectivity index is 2.72. The Morgan fingerprint density at radius 2 is 2.19 bits per heavy atom. The van der Waals surface area contributed by atoms with Crippen molar-refractivity contribution in [1.82, 2.24) is 10.3 Å². The van der Waals surface area contributed by atoms with Gasteiger partial charge in [0.25, 0.3) is 5.91 Å². The third-order valence-corrected chi connectivity index (χ3v) is 3.36. The van der Waals surface area contributed by atoms with E-state index in [1.807, 2.05) is 19.1 Å². The summed E-state index contributed by atoms with van der Waals surface area (Å²) in [7, 11) is 0. The van der Waals surface area contributed by atoms with E-state index in [2.05, 4.69) is 46.7 Å². The van der Waals surface area contributed by atoms with Crippen molar-refractivity contribution in [2.45, 2.75) is 26.8 Å². The van der Waals surface area contributed by atoms with Gasteiger partial charge in [-0.3, -0.25) is 4.79 Å². The number of hydrogen-bond donors (Lipinski definition) is 1. The van der Waals surface area contributed by atoms with Crippen LogP contribution in [0.3, 0.4) is 0 Å². The van der Waals surface area contributed by atoms with Crippen molar-refractivity contribution in [3.05, 3.63) is 29.6 Å². The van der Waals surface area contributed by atoms with Gasteiger partial charge in [0.1, 0.15) is 5.69 Å². The van der Waals surface area contributed by atoms with Crippen molar-refractivity contribution >= 4 is 28.5 Å². The molecule has 4 heteroatoms. The number of rotatable bonds is 4. The second kappa shape index (κ2) is 6.18. The lowest BCUT2D eigenvalue weighted by molar-refractivity contribution is 0.0927. The number of amides is 1. The van der Waals surface area contributed by atoms with Gasteiger partial charge in [0.15, 0.2) is 0 Å². The van der Waals surface area contributed by atoms with Crippen LogP contribution < -0.4 is 5.32 Å². The number of halogens is 1. The van der Waals surface area contributed by atoms with Crippen molar-refractivity contribution in [1.29, 1.82) is 0 Å². The van der Waals surface area contributed by atoms with E-state index in [1.165, 1.54) is 0 Å².